The molecule has 0 radical (unpaired) electrons. The van der Waals surface area contributed by atoms with Crippen LogP contribution in [0.4, 0.5) is 5.82 Å². The maximum Gasteiger partial charge on any atom is 0.337 e. The Morgan fingerprint density at radius 1 is 1.42 bits per heavy atom. The summed E-state index contributed by atoms with van der Waals surface area (Å²) in [7, 11) is 0. The average Bonchev–Trinajstić information content (AvgIpc) is 2.38. The molecule has 1 fully saturated rings. The van der Waals surface area contributed by atoms with E-state index in [1.54, 1.807) is 6.07 Å². The van der Waals surface area contributed by atoms with E-state index < -0.39 is 5.97 Å². The minimum absolute atomic E-state index is 0.262. The zero-order valence-electron chi connectivity index (χ0n) is 11.9. The third-order valence-corrected chi connectivity index (χ3v) is 4.08. The molecule has 1 aliphatic rings. The molecule has 0 amide bonds. The van der Waals surface area contributed by atoms with Crippen LogP contribution in [0.15, 0.2) is 12.3 Å². The smallest absolute Gasteiger partial charge is 0.337 e. The normalized spacial score (nSPS) is 16.9. The SMILES string of the molecule is Cc1cc(C(=O)O)cnc1N1CCC(C(C)C)CC1. The van der Waals surface area contributed by atoms with Gasteiger partial charge in [0.2, 0.25) is 0 Å². The number of carbonyl (C=O) groups is 1. The molecule has 4 heteroatoms. The van der Waals surface area contributed by atoms with E-state index in [9.17, 15) is 4.79 Å². The van der Waals surface area contributed by atoms with Crippen molar-refractivity contribution in [3.63, 3.8) is 0 Å². The first kappa shape index (κ1) is 13.8. The monoisotopic (exact) mass is 262 g/mol. The Morgan fingerprint density at radius 2 is 2.05 bits per heavy atom. The summed E-state index contributed by atoms with van der Waals surface area (Å²) < 4.78 is 0. The third-order valence-electron chi connectivity index (χ3n) is 4.08. The number of carboxylic acids is 1. The number of pyridine rings is 1. The Hall–Kier alpha value is -1.58. The van der Waals surface area contributed by atoms with E-state index in [2.05, 4.69) is 23.7 Å². The number of rotatable bonds is 3. The van der Waals surface area contributed by atoms with E-state index in [0.29, 0.717) is 0 Å². The molecule has 0 spiro atoms. The lowest BCUT2D eigenvalue weighted by Gasteiger charge is -2.35. The first-order valence-corrected chi connectivity index (χ1v) is 6.94. The molecular weight excluding hydrogens is 240 g/mol. The molecule has 0 saturated carbocycles. The number of carboxylic acid groups (broad SMARTS) is 1. The Morgan fingerprint density at radius 3 is 2.53 bits per heavy atom. The number of aromatic carboxylic acids is 1. The van der Waals surface area contributed by atoms with Crippen molar-refractivity contribution in [2.45, 2.75) is 33.6 Å². The van der Waals surface area contributed by atoms with Crippen molar-refractivity contribution >= 4 is 11.8 Å². The molecule has 1 N–H and O–H groups in total. The van der Waals surface area contributed by atoms with Gasteiger partial charge in [0.05, 0.1) is 5.56 Å². The second kappa shape index (κ2) is 5.59. The van der Waals surface area contributed by atoms with Crippen LogP contribution in [0.2, 0.25) is 0 Å². The number of hydrogen-bond donors (Lipinski definition) is 1. The van der Waals surface area contributed by atoms with Crippen LogP contribution in [0.5, 0.6) is 0 Å². The Balaban J connectivity index is 2.09. The largest absolute Gasteiger partial charge is 0.478 e. The number of anilines is 1. The number of nitrogens with zero attached hydrogens (tertiary/aromatic N) is 2. The fourth-order valence-corrected chi connectivity index (χ4v) is 2.79. The summed E-state index contributed by atoms with van der Waals surface area (Å²) >= 11 is 0. The van der Waals surface area contributed by atoms with Crippen molar-refractivity contribution in [2.24, 2.45) is 11.8 Å². The molecule has 2 heterocycles. The van der Waals surface area contributed by atoms with Gasteiger partial charge in [0.25, 0.3) is 0 Å². The molecule has 0 bridgehead atoms. The summed E-state index contributed by atoms with van der Waals surface area (Å²) in [5.41, 5.74) is 1.21. The summed E-state index contributed by atoms with van der Waals surface area (Å²) in [5.74, 6) is 1.56. The van der Waals surface area contributed by atoms with Crippen LogP contribution < -0.4 is 4.90 Å². The van der Waals surface area contributed by atoms with E-state index in [-0.39, 0.29) is 5.56 Å². The van der Waals surface area contributed by atoms with Crippen molar-refractivity contribution in [1.82, 2.24) is 4.98 Å². The van der Waals surface area contributed by atoms with Crippen LogP contribution in [0, 0.1) is 18.8 Å². The summed E-state index contributed by atoms with van der Waals surface area (Å²) in [6.07, 6.45) is 3.85. The number of aryl methyl sites for hydroxylation is 1. The molecule has 0 unspecified atom stereocenters. The van der Waals surface area contributed by atoms with E-state index in [1.807, 2.05) is 6.92 Å². The molecule has 0 atom stereocenters. The van der Waals surface area contributed by atoms with Gasteiger partial charge in [-0.25, -0.2) is 9.78 Å². The van der Waals surface area contributed by atoms with Crippen molar-refractivity contribution in [1.29, 1.82) is 0 Å². The van der Waals surface area contributed by atoms with Gasteiger partial charge in [-0.2, -0.15) is 0 Å². The highest BCUT2D eigenvalue weighted by Gasteiger charge is 2.23. The highest BCUT2D eigenvalue weighted by atomic mass is 16.4. The fourth-order valence-electron chi connectivity index (χ4n) is 2.79. The van der Waals surface area contributed by atoms with Crippen molar-refractivity contribution < 1.29 is 9.90 Å². The topological polar surface area (TPSA) is 53.4 Å². The van der Waals surface area contributed by atoms with Gasteiger partial charge in [-0.3, -0.25) is 0 Å². The van der Waals surface area contributed by atoms with Crippen LogP contribution in [-0.2, 0) is 0 Å². The van der Waals surface area contributed by atoms with Crippen LogP contribution in [0.3, 0.4) is 0 Å². The van der Waals surface area contributed by atoms with Gasteiger partial charge >= 0.3 is 5.97 Å². The van der Waals surface area contributed by atoms with E-state index in [1.165, 1.54) is 19.0 Å². The Bertz CT molecular complexity index is 463. The summed E-state index contributed by atoms with van der Waals surface area (Å²) in [6, 6.07) is 1.71. The molecule has 104 valence electrons. The van der Waals surface area contributed by atoms with E-state index in [4.69, 9.17) is 5.11 Å². The zero-order chi connectivity index (χ0) is 14.0. The molecular formula is C15H22N2O2. The fraction of sp³-hybridized carbons (Fsp3) is 0.600. The standard InChI is InChI=1S/C15H22N2O2/c1-10(2)12-4-6-17(7-5-12)14-11(3)8-13(9-16-14)15(18)19/h8-10,12H,4-7H2,1-3H3,(H,18,19). The third kappa shape index (κ3) is 3.06. The molecule has 19 heavy (non-hydrogen) atoms. The van der Waals surface area contributed by atoms with Gasteiger partial charge in [-0.15, -0.1) is 0 Å². The lowest BCUT2D eigenvalue weighted by molar-refractivity contribution is 0.0696. The van der Waals surface area contributed by atoms with Gasteiger partial charge in [0.15, 0.2) is 0 Å². The van der Waals surface area contributed by atoms with Crippen molar-refractivity contribution in [3.8, 4) is 0 Å². The first-order valence-electron chi connectivity index (χ1n) is 6.94. The summed E-state index contributed by atoms with van der Waals surface area (Å²) in [6.45, 7) is 8.53. The van der Waals surface area contributed by atoms with E-state index in [0.717, 1.165) is 36.3 Å². The molecule has 0 aliphatic carbocycles. The zero-order valence-corrected chi connectivity index (χ0v) is 11.9. The molecule has 0 aromatic carbocycles. The van der Waals surface area contributed by atoms with Crippen LogP contribution in [-0.4, -0.2) is 29.1 Å². The van der Waals surface area contributed by atoms with Gasteiger partial charge in [0.1, 0.15) is 5.82 Å². The Kier molecular flexibility index (Phi) is 4.08. The lowest BCUT2D eigenvalue weighted by atomic mass is 9.86. The summed E-state index contributed by atoms with van der Waals surface area (Å²) in [5, 5.41) is 8.95. The first-order chi connectivity index (χ1) is 8.99. The predicted octanol–water partition coefficient (Wildman–Crippen LogP) is 2.96. The Labute approximate surface area is 114 Å². The second-order valence-corrected chi connectivity index (χ2v) is 5.74. The van der Waals surface area contributed by atoms with Gasteiger partial charge in [0, 0.05) is 19.3 Å². The van der Waals surface area contributed by atoms with E-state index >= 15 is 0 Å². The predicted molar refractivity (Wildman–Crippen MR) is 75.7 cm³/mol. The maximum atomic E-state index is 10.9. The van der Waals surface area contributed by atoms with Crippen LogP contribution >= 0.6 is 0 Å². The average molecular weight is 262 g/mol. The van der Waals surface area contributed by atoms with Crippen molar-refractivity contribution in [2.75, 3.05) is 18.0 Å². The molecule has 1 aromatic rings. The second-order valence-electron chi connectivity index (χ2n) is 5.74. The number of piperidine rings is 1. The van der Waals surface area contributed by atoms with Gasteiger partial charge in [-0.05, 0) is 43.2 Å². The minimum Gasteiger partial charge on any atom is -0.478 e. The summed E-state index contributed by atoms with van der Waals surface area (Å²) in [4.78, 5) is 17.5. The molecule has 1 aliphatic heterocycles. The highest BCUT2D eigenvalue weighted by molar-refractivity contribution is 5.87. The van der Waals surface area contributed by atoms with Crippen molar-refractivity contribution in [3.05, 3.63) is 23.4 Å². The van der Waals surface area contributed by atoms with Gasteiger partial charge in [-0.1, -0.05) is 13.8 Å². The quantitative estimate of drug-likeness (QED) is 0.910. The number of hydrogen-bond acceptors (Lipinski definition) is 3. The van der Waals surface area contributed by atoms with Crippen LogP contribution in [0.25, 0.3) is 0 Å². The molecule has 2 rings (SSSR count). The number of aromatic nitrogens is 1. The minimum atomic E-state index is -0.916. The highest BCUT2D eigenvalue weighted by Crippen LogP contribution is 2.28. The lowest BCUT2D eigenvalue weighted by Crippen LogP contribution is -2.36. The van der Waals surface area contributed by atoms with Crippen LogP contribution in [0.1, 0.15) is 42.6 Å². The molecule has 4 nitrogen and oxygen atoms in total. The molecule has 1 saturated heterocycles. The van der Waals surface area contributed by atoms with Gasteiger partial charge < -0.3 is 10.0 Å². The maximum absolute atomic E-state index is 10.9. The molecule has 1 aromatic heterocycles.